The number of carbonyl (C=O) groups excluding carboxylic acids is 2. The molecule has 2 aromatic rings. The second-order valence-corrected chi connectivity index (χ2v) is 8.80. The van der Waals surface area contributed by atoms with Crippen LogP contribution in [0, 0.1) is 0 Å². The molecule has 0 saturated carbocycles. The number of rotatable bonds is 5. The van der Waals surface area contributed by atoms with Crippen LogP contribution in [0.5, 0.6) is 0 Å². The van der Waals surface area contributed by atoms with Crippen LogP contribution in [0.4, 0.5) is 5.00 Å². The summed E-state index contributed by atoms with van der Waals surface area (Å²) in [5, 5.41) is 0.977. The molecular formula is C17H18N2O4S2. The first-order valence-electron chi connectivity index (χ1n) is 7.83. The molecule has 0 aliphatic carbocycles. The van der Waals surface area contributed by atoms with Gasteiger partial charge in [-0.3, -0.25) is 9.59 Å². The summed E-state index contributed by atoms with van der Waals surface area (Å²) >= 11 is 1.41. The molecule has 0 atom stereocenters. The molecule has 0 radical (unpaired) electrons. The SMILES string of the molecule is CC(=O)c1ccc(S(=O)(=O)N2CCN(c3ccc(C=O)s3)CC2)cc1. The Hall–Kier alpha value is -2.03. The predicted molar refractivity (Wildman–Crippen MR) is 97.1 cm³/mol. The summed E-state index contributed by atoms with van der Waals surface area (Å²) in [5.41, 5.74) is 0.493. The summed E-state index contributed by atoms with van der Waals surface area (Å²) in [4.78, 5) is 25.1. The normalized spacial score (nSPS) is 16.0. The molecule has 0 spiro atoms. The Bertz CT molecular complexity index is 880. The molecule has 0 bridgehead atoms. The molecule has 8 heteroatoms. The molecule has 0 N–H and O–H groups in total. The molecule has 25 heavy (non-hydrogen) atoms. The highest BCUT2D eigenvalue weighted by Gasteiger charge is 2.29. The number of piperazine rings is 1. The first kappa shape index (κ1) is 17.8. The Kier molecular flexibility index (Phi) is 5.03. The van der Waals surface area contributed by atoms with Crippen LogP contribution in [0.3, 0.4) is 0 Å². The van der Waals surface area contributed by atoms with E-state index >= 15 is 0 Å². The Balaban J connectivity index is 1.70. The number of sulfonamides is 1. The Labute approximate surface area is 150 Å². The lowest BCUT2D eigenvalue weighted by molar-refractivity contribution is 0.101. The van der Waals surface area contributed by atoms with E-state index in [1.807, 2.05) is 6.07 Å². The molecule has 0 amide bonds. The number of anilines is 1. The summed E-state index contributed by atoms with van der Waals surface area (Å²) in [5.74, 6) is -0.0943. The summed E-state index contributed by atoms with van der Waals surface area (Å²) < 4.78 is 26.9. The number of ketones is 1. The molecule has 132 valence electrons. The van der Waals surface area contributed by atoms with Crippen molar-refractivity contribution < 1.29 is 18.0 Å². The topological polar surface area (TPSA) is 74.8 Å². The third-order valence-corrected chi connectivity index (χ3v) is 7.16. The molecule has 1 fully saturated rings. The van der Waals surface area contributed by atoms with Gasteiger partial charge in [0.2, 0.25) is 10.0 Å². The van der Waals surface area contributed by atoms with Gasteiger partial charge in [-0.1, -0.05) is 12.1 Å². The van der Waals surface area contributed by atoms with Gasteiger partial charge in [-0.25, -0.2) is 8.42 Å². The number of carbonyl (C=O) groups is 2. The van der Waals surface area contributed by atoms with E-state index in [9.17, 15) is 18.0 Å². The number of hydrogen-bond acceptors (Lipinski definition) is 6. The molecule has 1 aromatic heterocycles. The second-order valence-electron chi connectivity index (χ2n) is 5.77. The van der Waals surface area contributed by atoms with Gasteiger partial charge in [0.05, 0.1) is 14.8 Å². The fourth-order valence-corrected chi connectivity index (χ4v) is 5.03. The third-order valence-electron chi connectivity index (χ3n) is 4.18. The predicted octanol–water partition coefficient (Wildman–Crippen LogP) is 2.27. The first-order valence-corrected chi connectivity index (χ1v) is 10.1. The van der Waals surface area contributed by atoms with Crippen LogP contribution in [-0.4, -0.2) is 51.0 Å². The smallest absolute Gasteiger partial charge is 0.243 e. The number of benzene rings is 1. The van der Waals surface area contributed by atoms with Gasteiger partial charge in [0.15, 0.2) is 12.1 Å². The summed E-state index contributed by atoms with van der Waals surface area (Å²) in [6, 6.07) is 9.70. The zero-order valence-electron chi connectivity index (χ0n) is 13.7. The number of aldehydes is 1. The van der Waals surface area contributed by atoms with E-state index in [1.54, 1.807) is 6.07 Å². The molecule has 2 heterocycles. The average Bonchev–Trinajstić information content (AvgIpc) is 3.11. The van der Waals surface area contributed by atoms with Gasteiger partial charge in [0.1, 0.15) is 0 Å². The molecular weight excluding hydrogens is 360 g/mol. The van der Waals surface area contributed by atoms with Crippen LogP contribution in [0.2, 0.25) is 0 Å². The Morgan fingerprint density at radius 2 is 1.68 bits per heavy atom. The van der Waals surface area contributed by atoms with E-state index in [-0.39, 0.29) is 10.7 Å². The highest BCUT2D eigenvalue weighted by molar-refractivity contribution is 7.89. The lowest BCUT2D eigenvalue weighted by Crippen LogP contribution is -2.48. The number of hydrogen-bond donors (Lipinski definition) is 0. The van der Waals surface area contributed by atoms with Crippen LogP contribution in [0.25, 0.3) is 0 Å². The van der Waals surface area contributed by atoms with Crippen molar-refractivity contribution in [3.63, 3.8) is 0 Å². The molecule has 1 saturated heterocycles. The van der Waals surface area contributed by atoms with Crippen molar-refractivity contribution in [2.24, 2.45) is 0 Å². The van der Waals surface area contributed by atoms with Crippen molar-refractivity contribution in [2.45, 2.75) is 11.8 Å². The lowest BCUT2D eigenvalue weighted by Gasteiger charge is -2.34. The van der Waals surface area contributed by atoms with E-state index < -0.39 is 10.0 Å². The van der Waals surface area contributed by atoms with E-state index in [4.69, 9.17) is 0 Å². The summed E-state index contributed by atoms with van der Waals surface area (Å²) in [6.07, 6.45) is 0.819. The van der Waals surface area contributed by atoms with Crippen molar-refractivity contribution in [1.82, 2.24) is 4.31 Å². The van der Waals surface area contributed by atoms with E-state index in [0.29, 0.717) is 36.6 Å². The van der Waals surface area contributed by atoms with Crippen LogP contribution >= 0.6 is 11.3 Å². The molecule has 3 rings (SSSR count). The van der Waals surface area contributed by atoms with Gasteiger partial charge in [-0.05, 0) is 31.2 Å². The van der Waals surface area contributed by atoms with E-state index in [0.717, 1.165) is 11.3 Å². The van der Waals surface area contributed by atoms with Crippen molar-refractivity contribution >= 4 is 38.4 Å². The standard InChI is InChI=1S/C17H18N2O4S2/c1-13(21)14-2-5-16(6-3-14)25(22,23)19-10-8-18(9-11-19)17-7-4-15(12-20)24-17/h2-7,12H,8-11H2,1H3. The maximum atomic E-state index is 12.7. The van der Waals surface area contributed by atoms with Crippen LogP contribution < -0.4 is 4.90 Å². The highest BCUT2D eigenvalue weighted by Crippen LogP contribution is 2.27. The number of nitrogens with zero attached hydrogens (tertiary/aromatic N) is 2. The van der Waals surface area contributed by atoms with Gasteiger partial charge in [-0.15, -0.1) is 11.3 Å². The zero-order valence-corrected chi connectivity index (χ0v) is 15.3. The van der Waals surface area contributed by atoms with Crippen LogP contribution in [0.1, 0.15) is 27.0 Å². The van der Waals surface area contributed by atoms with Gasteiger partial charge in [0.25, 0.3) is 0 Å². The van der Waals surface area contributed by atoms with Crippen molar-refractivity contribution in [3.05, 3.63) is 46.8 Å². The minimum Gasteiger partial charge on any atom is -0.361 e. The molecule has 1 aromatic carbocycles. The summed E-state index contributed by atoms with van der Waals surface area (Å²) in [6.45, 7) is 3.35. The average molecular weight is 378 g/mol. The van der Waals surface area contributed by atoms with Crippen molar-refractivity contribution in [3.8, 4) is 0 Å². The fraction of sp³-hybridized carbons (Fsp3) is 0.294. The molecule has 0 unspecified atom stereocenters. The maximum absolute atomic E-state index is 12.7. The van der Waals surface area contributed by atoms with Gasteiger partial charge >= 0.3 is 0 Å². The lowest BCUT2D eigenvalue weighted by atomic mass is 10.2. The number of thiophene rings is 1. The first-order chi connectivity index (χ1) is 11.9. The van der Waals surface area contributed by atoms with Crippen molar-refractivity contribution in [2.75, 3.05) is 31.1 Å². The Morgan fingerprint density at radius 3 is 2.20 bits per heavy atom. The minimum absolute atomic E-state index is 0.0943. The second kappa shape index (κ2) is 7.07. The van der Waals surface area contributed by atoms with E-state index in [1.165, 1.54) is 46.8 Å². The fourth-order valence-electron chi connectivity index (χ4n) is 2.74. The van der Waals surface area contributed by atoms with E-state index in [2.05, 4.69) is 4.90 Å². The molecule has 1 aliphatic heterocycles. The van der Waals surface area contributed by atoms with Gasteiger partial charge in [0, 0.05) is 31.7 Å². The monoisotopic (exact) mass is 378 g/mol. The van der Waals surface area contributed by atoms with Crippen LogP contribution in [0.15, 0.2) is 41.3 Å². The molecule has 1 aliphatic rings. The maximum Gasteiger partial charge on any atom is 0.243 e. The number of Topliss-reactive ketones (excluding diaryl/α,β-unsaturated/α-hetero) is 1. The zero-order chi connectivity index (χ0) is 18.0. The van der Waals surface area contributed by atoms with Gasteiger partial charge < -0.3 is 4.90 Å². The van der Waals surface area contributed by atoms with Gasteiger partial charge in [-0.2, -0.15) is 4.31 Å². The molecule has 6 nitrogen and oxygen atoms in total. The Morgan fingerprint density at radius 1 is 1.04 bits per heavy atom. The van der Waals surface area contributed by atoms with Crippen molar-refractivity contribution in [1.29, 1.82) is 0 Å². The largest absolute Gasteiger partial charge is 0.361 e. The summed E-state index contributed by atoms with van der Waals surface area (Å²) in [7, 11) is -3.57. The highest BCUT2D eigenvalue weighted by atomic mass is 32.2. The minimum atomic E-state index is -3.57. The van der Waals surface area contributed by atoms with Crippen LogP contribution in [-0.2, 0) is 10.0 Å². The quantitative estimate of drug-likeness (QED) is 0.589. The third kappa shape index (κ3) is 3.65.